The number of nitrogens with zero attached hydrogens (tertiary/aromatic N) is 2. The Bertz CT molecular complexity index is 737. The minimum Gasteiger partial charge on any atom is -0.459 e. The second-order valence-corrected chi connectivity index (χ2v) is 5.98. The molecule has 0 atom stereocenters. The number of carbonyl (C=O) groups is 2. The first-order valence-electron chi connectivity index (χ1n) is 8.73. The van der Waals surface area contributed by atoms with Crippen LogP contribution in [0.2, 0.25) is 0 Å². The van der Waals surface area contributed by atoms with E-state index < -0.39 is 0 Å². The summed E-state index contributed by atoms with van der Waals surface area (Å²) in [6.07, 6.45) is 1.48. The van der Waals surface area contributed by atoms with Crippen LogP contribution in [0.5, 0.6) is 0 Å². The van der Waals surface area contributed by atoms with Gasteiger partial charge in [-0.3, -0.25) is 4.79 Å². The number of benzene rings is 1. The fourth-order valence-electron chi connectivity index (χ4n) is 2.84. The Morgan fingerprint density at radius 3 is 2.50 bits per heavy atom. The number of hydrogen-bond acceptors (Lipinski definition) is 4. The molecule has 7 nitrogen and oxygen atoms in total. The third kappa shape index (κ3) is 4.23. The highest BCUT2D eigenvalue weighted by atomic mass is 16.5. The topological polar surface area (TPSA) is 75.0 Å². The molecule has 1 aliphatic heterocycles. The molecule has 26 heavy (non-hydrogen) atoms. The molecular weight excluding hydrogens is 334 g/mol. The van der Waals surface area contributed by atoms with Crippen LogP contribution in [0.25, 0.3) is 0 Å². The molecule has 138 valence electrons. The second kappa shape index (κ2) is 8.53. The number of ether oxygens (including phenoxy) is 1. The van der Waals surface area contributed by atoms with Crippen molar-refractivity contribution < 1.29 is 18.7 Å². The Kier molecular flexibility index (Phi) is 5.91. The number of hydrogen-bond donors (Lipinski definition) is 1. The van der Waals surface area contributed by atoms with Gasteiger partial charge >= 0.3 is 6.03 Å². The lowest BCUT2D eigenvalue weighted by molar-refractivity contribution is 0.0640. The molecule has 0 unspecified atom stereocenters. The van der Waals surface area contributed by atoms with Crippen LogP contribution in [0.1, 0.15) is 23.0 Å². The number of piperazine rings is 1. The van der Waals surface area contributed by atoms with Gasteiger partial charge in [-0.25, -0.2) is 4.79 Å². The molecule has 0 radical (unpaired) electrons. The van der Waals surface area contributed by atoms with E-state index in [0.29, 0.717) is 45.2 Å². The molecule has 2 aromatic rings. The van der Waals surface area contributed by atoms with Gasteiger partial charge in [0.25, 0.3) is 5.91 Å². The Morgan fingerprint density at radius 2 is 1.81 bits per heavy atom. The van der Waals surface area contributed by atoms with E-state index in [9.17, 15) is 9.59 Å². The summed E-state index contributed by atoms with van der Waals surface area (Å²) in [4.78, 5) is 28.2. The minimum absolute atomic E-state index is 0.142. The van der Waals surface area contributed by atoms with Crippen molar-refractivity contribution in [2.24, 2.45) is 0 Å². The predicted octanol–water partition coefficient (Wildman–Crippen LogP) is 2.81. The standard InChI is InChI=1S/C19H23N3O4/c1-2-25-14-15-6-3-4-7-16(15)20-19(24)22-11-9-21(10-12-22)18(23)17-8-5-13-26-17/h3-8,13H,2,9-12,14H2,1H3,(H,20,24). The van der Waals surface area contributed by atoms with Gasteiger partial charge in [0.1, 0.15) is 0 Å². The summed E-state index contributed by atoms with van der Waals surface area (Å²) in [5.74, 6) is 0.185. The number of amides is 3. The molecule has 0 bridgehead atoms. The summed E-state index contributed by atoms with van der Waals surface area (Å²) >= 11 is 0. The Hall–Kier alpha value is -2.80. The summed E-state index contributed by atoms with van der Waals surface area (Å²) in [7, 11) is 0. The van der Waals surface area contributed by atoms with Crippen molar-refractivity contribution in [3.05, 3.63) is 54.0 Å². The molecule has 0 aliphatic carbocycles. The third-order valence-corrected chi connectivity index (χ3v) is 4.31. The van der Waals surface area contributed by atoms with Gasteiger partial charge in [0.2, 0.25) is 0 Å². The summed E-state index contributed by atoms with van der Waals surface area (Å²) in [6.45, 7) is 4.93. The van der Waals surface area contributed by atoms with Gasteiger partial charge in [-0.05, 0) is 25.1 Å². The highest BCUT2D eigenvalue weighted by molar-refractivity contribution is 5.92. The molecule has 0 spiro atoms. The number of para-hydroxylation sites is 1. The number of rotatable bonds is 5. The van der Waals surface area contributed by atoms with Crippen LogP contribution < -0.4 is 5.32 Å². The van der Waals surface area contributed by atoms with Gasteiger partial charge < -0.3 is 24.3 Å². The van der Waals surface area contributed by atoms with Crippen molar-refractivity contribution in [1.82, 2.24) is 9.80 Å². The van der Waals surface area contributed by atoms with E-state index in [-0.39, 0.29) is 11.9 Å². The largest absolute Gasteiger partial charge is 0.459 e. The van der Waals surface area contributed by atoms with Crippen molar-refractivity contribution >= 4 is 17.6 Å². The van der Waals surface area contributed by atoms with Crippen molar-refractivity contribution in [2.75, 3.05) is 38.1 Å². The second-order valence-electron chi connectivity index (χ2n) is 5.98. The number of anilines is 1. The average molecular weight is 357 g/mol. The van der Waals surface area contributed by atoms with Crippen LogP contribution in [0, 0.1) is 0 Å². The number of nitrogens with one attached hydrogen (secondary N) is 1. The van der Waals surface area contributed by atoms with E-state index >= 15 is 0 Å². The third-order valence-electron chi connectivity index (χ3n) is 4.31. The molecule has 0 saturated carbocycles. The van der Waals surface area contributed by atoms with Gasteiger partial charge in [-0.1, -0.05) is 18.2 Å². The van der Waals surface area contributed by atoms with Crippen molar-refractivity contribution in [2.45, 2.75) is 13.5 Å². The molecule has 3 rings (SSSR count). The maximum Gasteiger partial charge on any atom is 0.321 e. The molecule has 1 N–H and O–H groups in total. The van der Waals surface area contributed by atoms with Gasteiger partial charge in [0, 0.05) is 44.0 Å². The van der Waals surface area contributed by atoms with Crippen LogP contribution >= 0.6 is 0 Å². The molecule has 7 heteroatoms. The lowest BCUT2D eigenvalue weighted by atomic mass is 10.2. The van der Waals surface area contributed by atoms with E-state index in [1.807, 2.05) is 31.2 Å². The fourth-order valence-corrected chi connectivity index (χ4v) is 2.84. The van der Waals surface area contributed by atoms with E-state index in [4.69, 9.17) is 9.15 Å². The van der Waals surface area contributed by atoms with E-state index in [2.05, 4.69) is 5.32 Å². The van der Waals surface area contributed by atoms with Crippen LogP contribution in [0.4, 0.5) is 10.5 Å². The molecule has 1 aromatic carbocycles. The van der Waals surface area contributed by atoms with E-state index in [0.717, 1.165) is 11.3 Å². The summed E-state index contributed by atoms with van der Waals surface area (Å²) in [5, 5.41) is 2.95. The molecule has 1 fully saturated rings. The molecule has 1 saturated heterocycles. The normalized spacial score (nSPS) is 14.3. The zero-order valence-electron chi connectivity index (χ0n) is 14.8. The molecule has 2 heterocycles. The number of carbonyl (C=O) groups excluding carboxylic acids is 2. The molecule has 1 aromatic heterocycles. The first-order chi connectivity index (χ1) is 12.7. The van der Waals surface area contributed by atoms with Crippen molar-refractivity contribution in [3.63, 3.8) is 0 Å². The molecule has 1 aliphatic rings. The Balaban J connectivity index is 1.55. The maximum atomic E-state index is 12.6. The van der Waals surface area contributed by atoms with E-state index in [1.54, 1.807) is 21.9 Å². The number of urea groups is 1. The van der Waals surface area contributed by atoms with Crippen LogP contribution in [-0.2, 0) is 11.3 Å². The van der Waals surface area contributed by atoms with Crippen LogP contribution in [0.15, 0.2) is 47.1 Å². The van der Waals surface area contributed by atoms with Crippen LogP contribution in [0.3, 0.4) is 0 Å². The van der Waals surface area contributed by atoms with Crippen molar-refractivity contribution in [3.8, 4) is 0 Å². The monoisotopic (exact) mass is 357 g/mol. The SMILES string of the molecule is CCOCc1ccccc1NC(=O)N1CCN(C(=O)c2ccco2)CC1. The maximum absolute atomic E-state index is 12.6. The van der Waals surface area contributed by atoms with E-state index in [1.165, 1.54) is 6.26 Å². The lowest BCUT2D eigenvalue weighted by Gasteiger charge is -2.34. The van der Waals surface area contributed by atoms with Crippen LogP contribution in [-0.4, -0.2) is 54.5 Å². The zero-order chi connectivity index (χ0) is 18.4. The summed E-state index contributed by atoms with van der Waals surface area (Å²) < 4.78 is 10.6. The Labute approximate surface area is 152 Å². The first kappa shape index (κ1) is 18.0. The average Bonchev–Trinajstić information content (AvgIpc) is 3.21. The highest BCUT2D eigenvalue weighted by Gasteiger charge is 2.26. The van der Waals surface area contributed by atoms with Gasteiger partial charge in [-0.2, -0.15) is 0 Å². The predicted molar refractivity (Wildman–Crippen MR) is 97.0 cm³/mol. The van der Waals surface area contributed by atoms with Crippen molar-refractivity contribution in [1.29, 1.82) is 0 Å². The van der Waals surface area contributed by atoms with Gasteiger partial charge in [-0.15, -0.1) is 0 Å². The van der Waals surface area contributed by atoms with Gasteiger partial charge in [0.05, 0.1) is 12.9 Å². The quantitative estimate of drug-likeness (QED) is 0.893. The zero-order valence-corrected chi connectivity index (χ0v) is 14.8. The Morgan fingerprint density at radius 1 is 1.08 bits per heavy atom. The highest BCUT2D eigenvalue weighted by Crippen LogP contribution is 2.17. The van der Waals surface area contributed by atoms with Gasteiger partial charge in [0.15, 0.2) is 5.76 Å². The lowest BCUT2D eigenvalue weighted by Crippen LogP contribution is -2.51. The summed E-state index contributed by atoms with van der Waals surface area (Å²) in [5.41, 5.74) is 1.69. The smallest absolute Gasteiger partial charge is 0.321 e. The minimum atomic E-state index is -0.168. The fraction of sp³-hybridized carbons (Fsp3) is 0.368. The number of furan rings is 1. The molecule has 3 amide bonds. The first-order valence-corrected chi connectivity index (χ1v) is 8.73. The molecular formula is C19H23N3O4. The summed E-state index contributed by atoms with van der Waals surface area (Å²) in [6, 6.07) is 10.8.